The lowest BCUT2D eigenvalue weighted by atomic mass is 10.1. The Morgan fingerprint density at radius 2 is 0.640 bits per heavy atom. The molecule has 0 saturated carbocycles. The number of rotatable bonds is 29. The summed E-state index contributed by atoms with van der Waals surface area (Å²) in [7, 11) is 6.39. The Hall–Kier alpha value is -12.0. The summed E-state index contributed by atoms with van der Waals surface area (Å²) in [5.41, 5.74) is 7.95. The van der Waals surface area contributed by atoms with Gasteiger partial charge in [-0.25, -0.2) is 15.1 Å². The molecule has 12 rings (SSSR count). The number of carbonyl (C=O) groups is 12. The molecule has 0 radical (unpaired) electrons. The fourth-order valence-corrected chi connectivity index (χ4v) is 18.1. The highest BCUT2D eigenvalue weighted by molar-refractivity contribution is 8.01. The van der Waals surface area contributed by atoms with Crippen molar-refractivity contribution in [3.8, 4) is 23.0 Å². The van der Waals surface area contributed by atoms with E-state index in [2.05, 4.69) is 10.6 Å². The number of thioether (sulfide) groups is 4. The topological polar surface area (TPSA) is 368 Å². The van der Waals surface area contributed by atoms with Crippen LogP contribution in [0.15, 0.2) is 189 Å². The Kier molecular flexibility index (Phi) is 35.3. The Morgan fingerprint density at radius 3 is 0.888 bits per heavy atom. The number of benzene rings is 8. The number of hydroxylamine groups is 1. The molecule has 4 atom stereocenters. The Bertz CT molecular complexity index is 5200. The van der Waals surface area contributed by atoms with Crippen LogP contribution < -0.4 is 54.7 Å². The molecule has 0 fully saturated rings. The molecule has 0 aromatic heterocycles. The number of carboxylic acid groups (broad SMARTS) is 1. The number of carboxylic acids is 1. The van der Waals surface area contributed by atoms with Crippen LogP contribution in [-0.4, -0.2) is 195 Å². The van der Waals surface area contributed by atoms with Gasteiger partial charge >= 0.3 is 29.8 Å². The summed E-state index contributed by atoms with van der Waals surface area (Å²) in [5.74, 6) is -2.29. The zero-order valence-electron chi connectivity index (χ0n) is 71.9. The van der Waals surface area contributed by atoms with Gasteiger partial charge < -0.3 is 58.5 Å². The van der Waals surface area contributed by atoms with Crippen molar-refractivity contribution < 1.29 is 106 Å². The van der Waals surface area contributed by atoms with Crippen molar-refractivity contribution in [1.82, 2.24) is 16.1 Å². The lowest BCUT2D eigenvalue weighted by Gasteiger charge is -2.33. The van der Waals surface area contributed by atoms with E-state index in [0.717, 1.165) is 64.8 Å². The standard InChI is InChI=1S/C25H29NO6S.C24H28N2O5S.C22H25N3O5S.C21H21NO6S/c1-6-31-22(27)15-26-19-14-17(24(29)32-25(2,3)4)9-12-20(19)33-21(23(26)28)13-16-7-10-18(30-5)11-8-16;1-5-31-22(27)14-26-19-13-17(23(28)25-15(2)3)8-11-20(19)32-21(24(26)29)12-16-6-9-18(30-4)10-7-16;1-13(2)23-21(27)15-6-9-18-17(11-15)25(12-20(26)24-29)22(28)19(31-18)10-14-4-7-16(30-3)8-5-14;1-3-28-19(23)12-22-16-11-14(21(25)26)6-9-17(16)29-18(20(22)24)10-13-4-7-15(27-2)8-5-13/h7-12,14,21H,6,13,15H2,1-5H3;6-11,13,15,21H,5,12,14H2,1-4H3,(H,25,28);4-9,11,13,19,29H,10,12H2,1-3H3,(H,23,27)(H,24,26);4-9,11,18H,3,10,12H2,1-2H3,(H,25,26). The van der Waals surface area contributed by atoms with Crippen molar-refractivity contribution in [3.05, 3.63) is 214 Å². The fourth-order valence-electron chi connectivity index (χ4n) is 13.1. The molecule has 0 spiro atoms. The average Bonchev–Trinajstić information content (AvgIpc) is 0.788. The number of anilines is 4. The highest BCUT2D eigenvalue weighted by Gasteiger charge is 2.41. The molecule has 8 aromatic rings. The normalized spacial score (nSPS) is 15.5. The van der Waals surface area contributed by atoms with Gasteiger partial charge in [0.05, 0.1) is 103 Å². The summed E-state index contributed by atoms with van der Waals surface area (Å²) in [4.78, 5) is 159. The van der Waals surface area contributed by atoms with E-state index in [1.807, 2.05) is 131 Å². The van der Waals surface area contributed by atoms with Crippen molar-refractivity contribution >= 4 is 141 Å². The minimum Gasteiger partial charge on any atom is -0.497 e. The molecule has 4 heterocycles. The Morgan fingerprint density at radius 1 is 0.384 bits per heavy atom. The second kappa shape index (κ2) is 45.6. The van der Waals surface area contributed by atoms with Gasteiger partial charge in [0.1, 0.15) is 54.8 Å². The highest BCUT2D eigenvalue weighted by Crippen LogP contribution is 2.46. The van der Waals surface area contributed by atoms with Crippen LogP contribution in [0.1, 0.15) is 133 Å². The number of aromatic carboxylic acids is 1. The predicted molar refractivity (Wildman–Crippen MR) is 478 cm³/mol. The molecule has 7 amide bonds. The second-order valence-corrected chi connectivity index (χ2v) is 35.1. The maximum atomic E-state index is 13.4. The van der Waals surface area contributed by atoms with Gasteiger partial charge in [-0.1, -0.05) is 48.5 Å². The average molecular weight is 1790 g/mol. The van der Waals surface area contributed by atoms with Crippen molar-refractivity contribution in [3.63, 3.8) is 0 Å². The molecular formula is C92H103N7O22S4. The minimum atomic E-state index is -1.10. The number of hydrogen-bond acceptors (Lipinski definition) is 25. The fraction of sp³-hybridized carbons (Fsp3) is 0.348. The number of nitrogens with one attached hydrogen (secondary N) is 3. The molecule has 0 aliphatic carbocycles. The van der Waals surface area contributed by atoms with E-state index in [1.165, 1.54) is 78.8 Å². The lowest BCUT2D eigenvalue weighted by Crippen LogP contribution is -2.46. The van der Waals surface area contributed by atoms with Gasteiger partial charge in [-0.05, 0) is 239 Å². The summed E-state index contributed by atoms with van der Waals surface area (Å²) in [6.45, 7) is 17.6. The summed E-state index contributed by atoms with van der Waals surface area (Å²) in [5, 5.41) is 22.2. The predicted octanol–water partition coefficient (Wildman–Crippen LogP) is 13.1. The van der Waals surface area contributed by atoms with Crippen LogP contribution in [0.25, 0.3) is 0 Å². The molecule has 8 aromatic carbocycles. The summed E-state index contributed by atoms with van der Waals surface area (Å²) in [6.07, 6.45) is 1.91. The van der Waals surface area contributed by atoms with Crippen molar-refractivity contribution in [2.45, 2.75) is 153 Å². The van der Waals surface area contributed by atoms with E-state index in [0.29, 0.717) is 65.1 Å². The van der Waals surface area contributed by atoms with E-state index in [9.17, 15) is 62.6 Å². The van der Waals surface area contributed by atoms with Gasteiger partial charge in [-0.3, -0.25) is 67.9 Å². The summed E-state index contributed by atoms with van der Waals surface area (Å²) in [6, 6.07) is 50.0. The van der Waals surface area contributed by atoms with Crippen LogP contribution in [0, 0.1) is 0 Å². The zero-order chi connectivity index (χ0) is 90.9. The second-order valence-electron chi connectivity index (χ2n) is 30.1. The number of nitrogens with zero attached hydrogens (tertiary/aromatic N) is 4. The lowest BCUT2D eigenvalue weighted by molar-refractivity contribution is -0.143. The van der Waals surface area contributed by atoms with Gasteiger partial charge in [0.15, 0.2) is 0 Å². The first kappa shape index (κ1) is 96.8. The van der Waals surface area contributed by atoms with Gasteiger partial charge in [0.25, 0.3) is 17.7 Å². The molecule has 4 aliphatic rings. The molecular weight excluding hydrogens is 1680 g/mol. The number of amides is 7. The monoisotopic (exact) mass is 1790 g/mol. The molecule has 0 bridgehead atoms. The molecule has 29 nitrogen and oxygen atoms in total. The van der Waals surface area contributed by atoms with Gasteiger partial charge in [0.2, 0.25) is 23.6 Å². The number of carbonyl (C=O) groups excluding carboxylic acids is 11. The molecule has 662 valence electrons. The molecule has 4 aliphatic heterocycles. The van der Waals surface area contributed by atoms with Crippen LogP contribution in [0.5, 0.6) is 23.0 Å². The Balaban J connectivity index is 0.000000189. The van der Waals surface area contributed by atoms with Gasteiger partial charge in [-0.2, -0.15) is 0 Å². The molecule has 4 unspecified atom stereocenters. The highest BCUT2D eigenvalue weighted by atomic mass is 32.2. The van der Waals surface area contributed by atoms with Gasteiger partial charge in [0, 0.05) is 42.8 Å². The number of esters is 4. The molecule has 125 heavy (non-hydrogen) atoms. The smallest absolute Gasteiger partial charge is 0.338 e. The Labute approximate surface area is 742 Å². The SMILES string of the molecule is CCOC(=O)CN1C(=O)C(Cc2ccc(OC)cc2)Sc2ccc(C(=O)NC(C)C)cc21.CCOC(=O)CN1C(=O)C(Cc2ccc(OC)cc2)Sc2ccc(C(=O)O)cc21.CCOC(=O)CN1C(=O)C(Cc2ccc(OC)cc2)Sc2ccc(C(=O)OC(C)(C)C)cc21.COc1ccc(CC2Sc3ccc(C(=O)NC(C)C)cc3N(CC(=O)NO)C2=O)cc1. The number of methoxy groups -OCH3 is 4. The number of ether oxygens (including phenoxy) is 8. The van der Waals surface area contributed by atoms with Crippen molar-refractivity contribution in [1.29, 1.82) is 0 Å². The third kappa shape index (κ3) is 27.0. The van der Waals surface area contributed by atoms with Crippen LogP contribution in [0.3, 0.4) is 0 Å². The molecule has 33 heteroatoms. The quantitative estimate of drug-likeness (QED) is 0.0126. The first-order valence-corrected chi connectivity index (χ1v) is 43.7. The van der Waals surface area contributed by atoms with E-state index in [1.54, 1.807) is 130 Å². The van der Waals surface area contributed by atoms with Crippen molar-refractivity contribution in [2.75, 3.05) is 94.0 Å². The summed E-state index contributed by atoms with van der Waals surface area (Å²) >= 11 is 5.62. The first-order valence-electron chi connectivity index (χ1n) is 40.2. The van der Waals surface area contributed by atoms with E-state index in [-0.39, 0.29) is 99.1 Å². The summed E-state index contributed by atoms with van der Waals surface area (Å²) < 4.78 is 41.4. The van der Waals surface area contributed by atoms with E-state index in [4.69, 9.17) is 43.1 Å². The van der Waals surface area contributed by atoms with Crippen LogP contribution in [0.2, 0.25) is 0 Å². The van der Waals surface area contributed by atoms with Crippen LogP contribution >= 0.6 is 47.0 Å². The van der Waals surface area contributed by atoms with E-state index >= 15 is 0 Å². The number of hydrogen-bond donors (Lipinski definition) is 5. The molecule has 5 N–H and O–H groups in total. The van der Waals surface area contributed by atoms with Gasteiger partial charge in [-0.15, -0.1) is 47.0 Å². The van der Waals surface area contributed by atoms with E-state index < -0.39 is 62.4 Å². The van der Waals surface area contributed by atoms with Crippen LogP contribution in [0.4, 0.5) is 22.7 Å². The maximum absolute atomic E-state index is 13.4. The van der Waals surface area contributed by atoms with Crippen LogP contribution in [-0.2, 0) is 83.0 Å². The van der Waals surface area contributed by atoms with Crippen molar-refractivity contribution in [2.24, 2.45) is 0 Å². The maximum Gasteiger partial charge on any atom is 0.338 e. The molecule has 0 saturated heterocycles. The third-order valence-corrected chi connectivity index (χ3v) is 24.0. The first-order chi connectivity index (χ1) is 59.7. The number of fused-ring (bicyclic) bond motifs is 4. The third-order valence-electron chi connectivity index (χ3n) is 19.0. The zero-order valence-corrected chi connectivity index (χ0v) is 75.2. The largest absolute Gasteiger partial charge is 0.497 e. The minimum absolute atomic E-state index is 0.0148.